The standard InChI is InChI=1S/C15H17F3NO3.CH4S.W/c1-8-6-21-12-5-10(15(16,17)18)3-4-11(12)13(19)14(8)22-7-9(2)20;1-2;/h3-5,7,13-14,20H,6,19H2,1-2H3;2H,1H3;/q-1;;/b9-7-;;. The zero-order chi connectivity index (χ0) is 18.5. The summed E-state index contributed by atoms with van der Waals surface area (Å²) in [7, 11) is 0. The van der Waals surface area contributed by atoms with Crippen molar-refractivity contribution in [2.24, 2.45) is 5.73 Å². The normalized spacial score (nSPS) is 20.9. The van der Waals surface area contributed by atoms with Crippen LogP contribution in [0.4, 0.5) is 13.2 Å². The van der Waals surface area contributed by atoms with Gasteiger partial charge < -0.3 is 20.3 Å². The first-order chi connectivity index (χ1) is 11.2. The number of alkyl halides is 3. The Bertz CT molecular complexity index is 580. The molecule has 4 nitrogen and oxygen atoms in total. The van der Waals surface area contributed by atoms with E-state index in [4.69, 9.17) is 15.2 Å². The van der Waals surface area contributed by atoms with E-state index in [9.17, 15) is 18.3 Å². The summed E-state index contributed by atoms with van der Waals surface area (Å²) in [4.78, 5) is 0. The van der Waals surface area contributed by atoms with E-state index in [-0.39, 0.29) is 39.2 Å². The van der Waals surface area contributed by atoms with Gasteiger partial charge in [0.1, 0.15) is 17.8 Å². The van der Waals surface area contributed by atoms with Crippen LogP contribution in [-0.4, -0.2) is 24.1 Å². The van der Waals surface area contributed by atoms with Crippen molar-refractivity contribution in [1.82, 2.24) is 0 Å². The van der Waals surface area contributed by atoms with E-state index in [2.05, 4.69) is 12.6 Å². The Morgan fingerprint density at radius 2 is 2.04 bits per heavy atom. The van der Waals surface area contributed by atoms with E-state index in [1.54, 1.807) is 13.2 Å². The Labute approximate surface area is 165 Å². The van der Waals surface area contributed by atoms with E-state index in [0.717, 1.165) is 24.3 Å². The zero-order valence-corrected chi connectivity index (χ0v) is 17.8. The number of benzene rings is 1. The molecule has 0 saturated carbocycles. The summed E-state index contributed by atoms with van der Waals surface area (Å²) >= 11 is 3.53. The van der Waals surface area contributed by atoms with Crippen molar-refractivity contribution in [2.75, 3.05) is 12.9 Å². The Morgan fingerprint density at radius 3 is 2.56 bits per heavy atom. The van der Waals surface area contributed by atoms with E-state index in [1.165, 1.54) is 13.0 Å². The number of hydrogen-bond acceptors (Lipinski definition) is 5. The number of fused-ring (bicyclic) bond motifs is 1. The second-order valence-corrected chi connectivity index (χ2v) is 5.23. The van der Waals surface area contributed by atoms with Crippen molar-refractivity contribution in [3.05, 3.63) is 47.3 Å². The number of thiol groups is 1. The minimum Gasteiger partial charge on any atom is -0.524 e. The van der Waals surface area contributed by atoms with Crippen molar-refractivity contribution in [1.29, 1.82) is 0 Å². The molecule has 0 aliphatic carbocycles. The number of aliphatic hydroxyl groups excluding tert-OH is 1. The molecule has 0 fully saturated rings. The van der Waals surface area contributed by atoms with Crippen LogP contribution in [0.5, 0.6) is 5.75 Å². The first-order valence-corrected chi connectivity index (χ1v) is 7.97. The average Bonchev–Trinajstić information content (AvgIpc) is 2.64. The van der Waals surface area contributed by atoms with Crippen molar-refractivity contribution < 1.29 is 48.8 Å². The van der Waals surface area contributed by atoms with E-state index in [1.807, 2.05) is 0 Å². The molecule has 0 saturated heterocycles. The van der Waals surface area contributed by atoms with Crippen molar-refractivity contribution in [3.63, 3.8) is 0 Å². The number of hydrogen-bond donors (Lipinski definition) is 3. The van der Waals surface area contributed by atoms with E-state index >= 15 is 0 Å². The van der Waals surface area contributed by atoms with Gasteiger partial charge in [0.15, 0.2) is 0 Å². The fraction of sp³-hybridized carbons (Fsp3) is 0.438. The van der Waals surface area contributed by atoms with Crippen LogP contribution in [0.3, 0.4) is 0 Å². The summed E-state index contributed by atoms with van der Waals surface area (Å²) in [6, 6.07) is 2.51. The number of halogens is 3. The van der Waals surface area contributed by atoms with Gasteiger partial charge in [-0.25, -0.2) is 5.92 Å². The number of aliphatic hydroxyl groups is 1. The van der Waals surface area contributed by atoms with Crippen LogP contribution in [0.25, 0.3) is 0 Å². The quantitative estimate of drug-likeness (QED) is 0.297. The summed E-state index contributed by atoms with van der Waals surface area (Å²) in [5.74, 6) is 0.782. The maximum atomic E-state index is 12.8. The summed E-state index contributed by atoms with van der Waals surface area (Å²) in [6.45, 7) is 3.27. The van der Waals surface area contributed by atoms with E-state index in [0.29, 0.717) is 5.56 Å². The first kappa shape index (κ1) is 24.1. The van der Waals surface area contributed by atoms with Crippen LogP contribution < -0.4 is 10.5 Å². The predicted octanol–water partition coefficient (Wildman–Crippen LogP) is 4.04. The second kappa shape index (κ2) is 10.3. The van der Waals surface area contributed by atoms with Gasteiger partial charge in [0.2, 0.25) is 0 Å². The molecule has 25 heavy (non-hydrogen) atoms. The molecule has 142 valence electrons. The third-order valence-corrected chi connectivity index (χ3v) is 3.35. The molecular weight excluding hydrogens is 527 g/mol. The van der Waals surface area contributed by atoms with Crippen LogP contribution >= 0.6 is 12.6 Å². The number of allylic oxidation sites excluding steroid dienone is 1. The molecule has 3 N–H and O–H groups in total. The fourth-order valence-corrected chi connectivity index (χ4v) is 2.23. The fourth-order valence-electron chi connectivity index (χ4n) is 2.23. The van der Waals surface area contributed by atoms with Gasteiger partial charge in [0.25, 0.3) is 0 Å². The molecule has 9 heteroatoms. The summed E-state index contributed by atoms with van der Waals surface area (Å²) in [6.07, 6.45) is -2.19. The SMILES string of the molecule is C/C(O)=C/OC1[C-](C)COc2cc(C(F)(F)F)ccc2C1N.CS.[W]. The first-order valence-electron chi connectivity index (χ1n) is 7.08. The molecule has 1 aliphatic rings. The van der Waals surface area contributed by atoms with Gasteiger partial charge in [-0.1, -0.05) is 6.07 Å². The minimum atomic E-state index is -4.44. The van der Waals surface area contributed by atoms with Crippen LogP contribution in [0.2, 0.25) is 0 Å². The Morgan fingerprint density at radius 1 is 1.44 bits per heavy atom. The molecular formula is C16H21F3NO3SW-. The summed E-state index contributed by atoms with van der Waals surface area (Å²) in [5, 5.41) is 9.18. The molecule has 0 spiro atoms. The topological polar surface area (TPSA) is 64.7 Å². The Balaban J connectivity index is 0.00000185. The van der Waals surface area contributed by atoms with Gasteiger partial charge in [0, 0.05) is 38.8 Å². The molecule has 1 aromatic carbocycles. The van der Waals surface area contributed by atoms with Gasteiger partial charge in [-0.05, 0) is 31.9 Å². The molecule has 1 aliphatic heterocycles. The van der Waals surface area contributed by atoms with Crippen LogP contribution in [0.15, 0.2) is 30.2 Å². The molecule has 2 atom stereocenters. The van der Waals surface area contributed by atoms with Crippen molar-refractivity contribution in [2.45, 2.75) is 32.2 Å². The minimum absolute atomic E-state index is 0. The van der Waals surface area contributed by atoms with Crippen molar-refractivity contribution in [3.8, 4) is 5.75 Å². The van der Waals surface area contributed by atoms with Crippen LogP contribution in [-0.2, 0) is 32.0 Å². The molecule has 1 aromatic rings. The van der Waals surface area contributed by atoms with Gasteiger partial charge in [-0.3, -0.25) is 0 Å². The maximum absolute atomic E-state index is 12.8. The van der Waals surface area contributed by atoms with Gasteiger partial charge in [0.05, 0.1) is 5.56 Å². The molecule has 2 rings (SSSR count). The maximum Gasteiger partial charge on any atom is 0.416 e. The number of rotatable bonds is 2. The average molecular weight is 548 g/mol. The monoisotopic (exact) mass is 548 g/mol. The van der Waals surface area contributed by atoms with Gasteiger partial charge in [-0.2, -0.15) is 32.7 Å². The second-order valence-electron chi connectivity index (χ2n) is 5.23. The van der Waals surface area contributed by atoms with Crippen molar-refractivity contribution >= 4 is 12.6 Å². The van der Waals surface area contributed by atoms with Gasteiger partial charge >= 0.3 is 6.18 Å². The van der Waals surface area contributed by atoms with Crippen LogP contribution in [0, 0.1) is 5.92 Å². The summed E-state index contributed by atoms with van der Waals surface area (Å²) in [5.41, 5.74) is 5.75. The largest absolute Gasteiger partial charge is 0.524 e. The molecule has 0 radical (unpaired) electrons. The van der Waals surface area contributed by atoms with Crippen LogP contribution in [0.1, 0.15) is 31.0 Å². The summed E-state index contributed by atoms with van der Waals surface area (Å²) < 4.78 is 49.2. The molecule has 1 heterocycles. The third kappa shape index (κ3) is 6.42. The predicted molar refractivity (Wildman–Crippen MR) is 89.0 cm³/mol. The molecule has 0 aromatic heterocycles. The zero-order valence-electron chi connectivity index (χ0n) is 14.0. The Kier molecular flexibility index (Phi) is 9.98. The Hall–Kier alpha value is -0.852. The number of ether oxygens (including phenoxy) is 2. The smallest absolute Gasteiger partial charge is 0.416 e. The molecule has 0 bridgehead atoms. The third-order valence-electron chi connectivity index (χ3n) is 3.35. The number of nitrogens with two attached hydrogens (primary N) is 1. The van der Waals surface area contributed by atoms with Gasteiger partial charge in [-0.15, -0.1) is 0 Å². The van der Waals surface area contributed by atoms with E-state index < -0.39 is 23.9 Å². The molecule has 2 unspecified atom stereocenters. The molecule has 0 amide bonds.